The lowest BCUT2D eigenvalue weighted by atomic mass is 10.3. The van der Waals surface area contributed by atoms with Crippen molar-refractivity contribution >= 4 is 23.0 Å². The first kappa shape index (κ1) is 14.3. The molecule has 0 saturated carbocycles. The number of thiophene rings is 1. The van der Waals surface area contributed by atoms with E-state index < -0.39 is 5.97 Å². The molecule has 0 aromatic carbocycles. The van der Waals surface area contributed by atoms with Crippen molar-refractivity contribution in [3.63, 3.8) is 0 Å². The highest BCUT2D eigenvalue weighted by molar-refractivity contribution is 7.10. The van der Waals surface area contributed by atoms with Gasteiger partial charge in [-0.15, -0.1) is 11.3 Å². The summed E-state index contributed by atoms with van der Waals surface area (Å²) < 4.78 is 5.61. The molecule has 0 amide bonds. The number of rotatable bonds is 6. The van der Waals surface area contributed by atoms with Crippen molar-refractivity contribution in [2.24, 2.45) is 0 Å². The number of ether oxygens (including phenoxy) is 1. The Labute approximate surface area is 121 Å². The SMILES string of the molecule is CC(C)Oc1ncccc1NCc1cc(C(=O)O)cs1. The molecule has 0 aliphatic rings. The van der Waals surface area contributed by atoms with Crippen molar-refractivity contribution in [1.29, 1.82) is 0 Å². The number of pyridine rings is 1. The van der Waals surface area contributed by atoms with Crippen LogP contribution in [0.15, 0.2) is 29.8 Å². The second kappa shape index (κ2) is 6.38. The Morgan fingerprint density at radius 3 is 3.00 bits per heavy atom. The summed E-state index contributed by atoms with van der Waals surface area (Å²) in [5.74, 6) is -0.352. The average molecular weight is 292 g/mol. The molecule has 2 aromatic rings. The molecule has 0 unspecified atom stereocenters. The van der Waals surface area contributed by atoms with E-state index in [2.05, 4.69) is 10.3 Å². The molecule has 2 aromatic heterocycles. The third-order valence-electron chi connectivity index (χ3n) is 2.47. The molecule has 0 atom stereocenters. The lowest BCUT2D eigenvalue weighted by molar-refractivity contribution is 0.0697. The van der Waals surface area contributed by atoms with Crippen LogP contribution >= 0.6 is 11.3 Å². The number of carboxylic acid groups (broad SMARTS) is 1. The number of aromatic nitrogens is 1. The number of aromatic carboxylic acids is 1. The van der Waals surface area contributed by atoms with E-state index in [9.17, 15) is 4.79 Å². The number of carboxylic acids is 1. The highest BCUT2D eigenvalue weighted by atomic mass is 32.1. The highest BCUT2D eigenvalue weighted by Crippen LogP contribution is 2.23. The maximum absolute atomic E-state index is 10.8. The van der Waals surface area contributed by atoms with Crippen LogP contribution in [0, 0.1) is 0 Å². The zero-order valence-electron chi connectivity index (χ0n) is 11.3. The monoisotopic (exact) mass is 292 g/mol. The number of carbonyl (C=O) groups is 1. The summed E-state index contributed by atoms with van der Waals surface area (Å²) >= 11 is 1.41. The Balaban J connectivity index is 2.04. The predicted molar refractivity (Wildman–Crippen MR) is 78.6 cm³/mol. The molecule has 0 fully saturated rings. The maximum atomic E-state index is 10.8. The molecular weight excluding hydrogens is 276 g/mol. The fourth-order valence-corrected chi connectivity index (χ4v) is 2.41. The van der Waals surface area contributed by atoms with Crippen LogP contribution in [0.4, 0.5) is 5.69 Å². The summed E-state index contributed by atoms with van der Waals surface area (Å²) in [7, 11) is 0. The molecular formula is C14H16N2O3S. The molecule has 0 aliphatic heterocycles. The van der Waals surface area contributed by atoms with Crippen molar-refractivity contribution in [2.75, 3.05) is 5.32 Å². The molecule has 2 N–H and O–H groups in total. The molecule has 2 heterocycles. The molecule has 5 nitrogen and oxygen atoms in total. The van der Waals surface area contributed by atoms with Gasteiger partial charge in [-0.25, -0.2) is 9.78 Å². The summed E-state index contributed by atoms with van der Waals surface area (Å²) in [5.41, 5.74) is 1.11. The smallest absolute Gasteiger partial charge is 0.336 e. The Kier molecular flexibility index (Phi) is 4.57. The molecule has 6 heteroatoms. The van der Waals surface area contributed by atoms with Crippen LogP contribution in [0.2, 0.25) is 0 Å². The number of hydrogen-bond acceptors (Lipinski definition) is 5. The van der Waals surface area contributed by atoms with E-state index in [1.54, 1.807) is 17.6 Å². The number of nitrogens with zero attached hydrogens (tertiary/aromatic N) is 1. The van der Waals surface area contributed by atoms with Crippen LogP contribution in [0.5, 0.6) is 5.88 Å². The zero-order valence-corrected chi connectivity index (χ0v) is 12.1. The molecule has 0 radical (unpaired) electrons. The largest absolute Gasteiger partial charge is 0.478 e. The van der Waals surface area contributed by atoms with Gasteiger partial charge in [0, 0.05) is 23.0 Å². The van der Waals surface area contributed by atoms with E-state index in [4.69, 9.17) is 9.84 Å². The number of anilines is 1. The van der Waals surface area contributed by atoms with E-state index in [1.807, 2.05) is 26.0 Å². The molecule has 20 heavy (non-hydrogen) atoms. The maximum Gasteiger partial charge on any atom is 0.336 e. The first-order valence-electron chi connectivity index (χ1n) is 6.22. The highest BCUT2D eigenvalue weighted by Gasteiger charge is 2.09. The van der Waals surface area contributed by atoms with Crippen molar-refractivity contribution < 1.29 is 14.6 Å². The first-order chi connectivity index (χ1) is 9.56. The minimum atomic E-state index is -0.905. The summed E-state index contributed by atoms with van der Waals surface area (Å²) in [6.07, 6.45) is 1.72. The van der Waals surface area contributed by atoms with Gasteiger partial charge in [-0.1, -0.05) is 0 Å². The summed E-state index contributed by atoms with van der Waals surface area (Å²) in [6, 6.07) is 5.38. The second-order valence-electron chi connectivity index (χ2n) is 4.48. The van der Waals surface area contributed by atoms with Gasteiger partial charge in [-0.05, 0) is 32.0 Å². The van der Waals surface area contributed by atoms with Crippen molar-refractivity contribution in [2.45, 2.75) is 26.5 Å². The fourth-order valence-electron chi connectivity index (χ4n) is 1.61. The molecule has 2 rings (SSSR count). The molecule has 0 saturated heterocycles. The lowest BCUT2D eigenvalue weighted by Crippen LogP contribution is -2.09. The zero-order chi connectivity index (χ0) is 14.5. The van der Waals surface area contributed by atoms with Crippen LogP contribution in [0.1, 0.15) is 29.1 Å². The van der Waals surface area contributed by atoms with Gasteiger partial charge in [0.1, 0.15) is 0 Å². The Morgan fingerprint density at radius 2 is 2.35 bits per heavy atom. The van der Waals surface area contributed by atoms with Crippen molar-refractivity contribution in [3.8, 4) is 5.88 Å². The Bertz CT molecular complexity index is 596. The van der Waals surface area contributed by atoms with Gasteiger partial charge in [-0.2, -0.15) is 0 Å². The molecule has 0 aliphatic carbocycles. The van der Waals surface area contributed by atoms with Crippen molar-refractivity contribution in [1.82, 2.24) is 4.98 Å². The Hall–Kier alpha value is -2.08. The van der Waals surface area contributed by atoms with Crippen LogP contribution in [-0.4, -0.2) is 22.2 Å². The van der Waals surface area contributed by atoms with Crippen LogP contribution in [0.25, 0.3) is 0 Å². The van der Waals surface area contributed by atoms with Gasteiger partial charge in [0.15, 0.2) is 0 Å². The second-order valence-corrected chi connectivity index (χ2v) is 5.48. The average Bonchev–Trinajstić information content (AvgIpc) is 2.86. The quantitative estimate of drug-likeness (QED) is 0.855. The van der Waals surface area contributed by atoms with E-state index in [0.717, 1.165) is 10.6 Å². The molecule has 0 spiro atoms. The minimum Gasteiger partial charge on any atom is -0.478 e. The number of nitrogens with one attached hydrogen (secondary N) is 1. The van der Waals surface area contributed by atoms with E-state index in [-0.39, 0.29) is 6.10 Å². The molecule has 0 bridgehead atoms. The van der Waals surface area contributed by atoms with Crippen LogP contribution < -0.4 is 10.1 Å². The summed E-state index contributed by atoms with van der Waals surface area (Å²) in [5, 5.41) is 13.7. The van der Waals surface area contributed by atoms with Crippen LogP contribution in [-0.2, 0) is 6.54 Å². The summed E-state index contributed by atoms with van der Waals surface area (Å²) in [4.78, 5) is 16.0. The van der Waals surface area contributed by atoms with Gasteiger partial charge in [-0.3, -0.25) is 0 Å². The third-order valence-corrected chi connectivity index (χ3v) is 3.41. The Morgan fingerprint density at radius 1 is 1.55 bits per heavy atom. The predicted octanol–water partition coefficient (Wildman–Crippen LogP) is 3.24. The lowest BCUT2D eigenvalue weighted by Gasteiger charge is -2.13. The summed E-state index contributed by atoms with van der Waals surface area (Å²) in [6.45, 7) is 4.42. The molecule has 106 valence electrons. The van der Waals surface area contributed by atoms with E-state index >= 15 is 0 Å². The minimum absolute atomic E-state index is 0.0470. The van der Waals surface area contributed by atoms with E-state index in [1.165, 1.54) is 11.3 Å². The van der Waals surface area contributed by atoms with E-state index in [0.29, 0.717) is 18.0 Å². The third kappa shape index (κ3) is 3.71. The fraction of sp³-hybridized carbons (Fsp3) is 0.286. The van der Waals surface area contributed by atoms with Gasteiger partial charge < -0.3 is 15.2 Å². The normalized spacial score (nSPS) is 10.6. The topological polar surface area (TPSA) is 71.5 Å². The van der Waals surface area contributed by atoms with Crippen LogP contribution in [0.3, 0.4) is 0 Å². The van der Waals surface area contributed by atoms with Crippen molar-refractivity contribution in [3.05, 3.63) is 40.2 Å². The number of hydrogen-bond donors (Lipinski definition) is 2. The van der Waals surface area contributed by atoms with Gasteiger partial charge in [0.25, 0.3) is 0 Å². The van der Waals surface area contributed by atoms with Gasteiger partial charge in [0.2, 0.25) is 5.88 Å². The first-order valence-corrected chi connectivity index (χ1v) is 7.10. The standard InChI is InChI=1S/C14H16N2O3S/c1-9(2)19-13-12(4-3-5-15-13)16-7-11-6-10(8-20-11)14(17)18/h3-6,8-9,16H,7H2,1-2H3,(H,17,18). The van der Waals surface area contributed by atoms with Gasteiger partial charge >= 0.3 is 5.97 Å². The van der Waals surface area contributed by atoms with Gasteiger partial charge in [0.05, 0.1) is 17.4 Å².